The molecule has 1 rings (SSSR count). The van der Waals surface area contributed by atoms with Gasteiger partial charge in [-0.05, 0) is 30.6 Å². The Morgan fingerprint density at radius 1 is 1.62 bits per heavy atom. The third-order valence-electron chi connectivity index (χ3n) is 3.04. The lowest BCUT2D eigenvalue weighted by atomic mass is 10.0. The van der Waals surface area contributed by atoms with Gasteiger partial charge in [-0.3, -0.25) is 4.90 Å². The maximum atomic E-state index is 9.23. The van der Waals surface area contributed by atoms with Crippen molar-refractivity contribution in [2.45, 2.75) is 26.3 Å². The zero-order chi connectivity index (χ0) is 9.84. The fourth-order valence-electron chi connectivity index (χ4n) is 2.07. The summed E-state index contributed by atoms with van der Waals surface area (Å²) in [5, 5.41) is 9.23. The van der Waals surface area contributed by atoms with E-state index in [1.54, 1.807) is 0 Å². The standard InChI is InChI=1S/C10H21NOS/c1-8(7-13)5-11-4-3-9(2)10(11)6-12/h8-10,12-13H,3-7H2,1-2H3. The molecule has 0 aromatic carbocycles. The van der Waals surface area contributed by atoms with Crippen LogP contribution in [0.25, 0.3) is 0 Å². The van der Waals surface area contributed by atoms with Crippen LogP contribution in [0.15, 0.2) is 0 Å². The predicted molar refractivity (Wildman–Crippen MR) is 59.2 cm³/mol. The lowest BCUT2D eigenvalue weighted by Gasteiger charge is -2.27. The molecule has 1 aliphatic heterocycles. The lowest BCUT2D eigenvalue weighted by molar-refractivity contribution is 0.130. The number of hydrogen-bond donors (Lipinski definition) is 2. The normalized spacial score (nSPS) is 32.3. The molecule has 13 heavy (non-hydrogen) atoms. The van der Waals surface area contributed by atoms with Crippen LogP contribution in [0.2, 0.25) is 0 Å². The molecule has 3 heteroatoms. The van der Waals surface area contributed by atoms with Crippen LogP contribution in [0.5, 0.6) is 0 Å². The lowest BCUT2D eigenvalue weighted by Crippen LogP contribution is -2.38. The first-order valence-electron chi connectivity index (χ1n) is 5.14. The minimum absolute atomic E-state index is 0.306. The van der Waals surface area contributed by atoms with Gasteiger partial charge in [-0.15, -0.1) is 0 Å². The third-order valence-corrected chi connectivity index (χ3v) is 3.67. The maximum absolute atomic E-state index is 9.23. The van der Waals surface area contributed by atoms with Crippen LogP contribution in [0.4, 0.5) is 0 Å². The van der Waals surface area contributed by atoms with E-state index in [4.69, 9.17) is 0 Å². The first-order valence-corrected chi connectivity index (χ1v) is 5.78. The summed E-state index contributed by atoms with van der Waals surface area (Å²) in [7, 11) is 0. The molecule has 1 saturated heterocycles. The van der Waals surface area contributed by atoms with E-state index in [0.717, 1.165) is 18.8 Å². The Morgan fingerprint density at radius 3 is 2.85 bits per heavy atom. The second kappa shape index (κ2) is 5.23. The minimum Gasteiger partial charge on any atom is -0.395 e. The van der Waals surface area contributed by atoms with Crippen LogP contribution >= 0.6 is 12.6 Å². The van der Waals surface area contributed by atoms with Gasteiger partial charge in [0.05, 0.1) is 6.61 Å². The maximum Gasteiger partial charge on any atom is 0.0589 e. The summed E-state index contributed by atoms with van der Waals surface area (Å²) < 4.78 is 0. The molecule has 0 spiro atoms. The minimum atomic E-state index is 0.306. The number of aliphatic hydroxyl groups excluding tert-OH is 1. The van der Waals surface area contributed by atoms with Crippen molar-refractivity contribution >= 4 is 12.6 Å². The highest BCUT2D eigenvalue weighted by Crippen LogP contribution is 2.24. The Morgan fingerprint density at radius 2 is 2.31 bits per heavy atom. The molecule has 78 valence electrons. The van der Waals surface area contributed by atoms with Crippen LogP contribution in [-0.4, -0.2) is 41.5 Å². The van der Waals surface area contributed by atoms with Crippen LogP contribution in [0.3, 0.4) is 0 Å². The average Bonchev–Trinajstić information content (AvgIpc) is 2.46. The van der Waals surface area contributed by atoms with E-state index in [1.165, 1.54) is 6.42 Å². The summed E-state index contributed by atoms with van der Waals surface area (Å²) in [5.74, 6) is 2.21. The zero-order valence-electron chi connectivity index (χ0n) is 8.61. The van der Waals surface area contributed by atoms with Crippen molar-refractivity contribution in [1.29, 1.82) is 0 Å². The van der Waals surface area contributed by atoms with E-state index in [9.17, 15) is 5.11 Å². The molecule has 0 radical (unpaired) electrons. The molecule has 0 bridgehead atoms. The third kappa shape index (κ3) is 2.86. The van der Waals surface area contributed by atoms with Crippen molar-refractivity contribution in [1.82, 2.24) is 4.90 Å². The highest BCUT2D eigenvalue weighted by atomic mass is 32.1. The smallest absolute Gasteiger partial charge is 0.0589 e. The topological polar surface area (TPSA) is 23.5 Å². The molecule has 1 N–H and O–H groups in total. The molecule has 0 aromatic heterocycles. The molecule has 2 nitrogen and oxygen atoms in total. The molecule has 0 saturated carbocycles. The summed E-state index contributed by atoms with van der Waals surface area (Å²) in [5.41, 5.74) is 0. The van der Waals surface area contributed by atoms with E-state index >= 15 is 0 Å². The second-order valence-electron chi connectivity index (χ2n) is 4.30. The number of nitrogens with zero attached hydrogens (tertiary/aromatic N) is 1. The fourth-order valence-corrected chi connectivity index (χ4v) is 2.18. The second-order valence-corrected chi connectivity index (χ2v) is 4.66. The van der Waals surface area contributed by atoms with Gasteiger partial charge >= 0.3 is 0 Å². The molecule has 0 amide bonds. The number of hydrogen-bond acceptors (Lipinski definition) is 3. The predicted octanol–water partition coefficient (Wildman–Crippen LogP) is 1.25. The number of aliphatic hydroxyl groups is 1. The SMILES string of the molecule is CC(CS)CN1CCC(C)C1CO. The zero-order valence-corrected chi connectivity index (χ0v) is 9.50. The van der Waals surface area contributed by atoms with Gasteiger partial charge in [0.2, 0.25) is 0 Å². The molecular weight excluding hydrogens is 182 g/mol. The monoisotopic (exact) mass is 203 g/mol. The van der Waals surface area contributed by atoms with Crippen LogP contribution in [-0.2, 0) is 0 Å². The van der Waals surface area contributed by atoms with Gasteiger partial charge in [-0.1, -0.05) is 13.8 Å². The van der Waals surface area contributed by atoms with Crippen LogP contribution in [0, 0.1) is 11.8 Å². The average molecular weight is 203 g/mol. The van der Waals surface area contributed by atoms with E-state index in [0.29, 0.717) is 24.5 Å². The summed E-state index contributed by atoms with van der Waals surface area (Å²) in [6.07, 6.45) is 1.23. The largest absolute Gasteiger partial charge is 0.395 e. The molecule has 3 unspecified atom stereocenters. The molecular formula is C10H21NOS. The summed E-state index contributed by atoms with van der Waals surface area (Å²) in [6.45, 7) is 6.97. The van der Waals surface area contributed by atoms with Crippen molar-refractivity contribution < 1.29 is 5.11 Å². The van der Waals surface area contributed by atoms with Gasteiger partial charge in [0.1, 0.15) is 0 Å². The van der Waals surface area contributed by atoms with E-state index in [2.05, 4.69) is 31.4 Å². The van der Waals surface area contributed by atoms with Gasteiger partial charge in [0.25, 0.3) is 0 Å². The molecule has 1 heterocycles. The molecule has 1 fully saturated rings. The highest BCUT2D eigenvalue weighted by Gasteiger charge is 2.30. The number of rotatable bonds is 4. The van der Waals surface area contributed by atoms with Crippen molar-refractivity contribution in [3.8, 4) is 0 Å². The quantitative estimate of drug-likeness (QED) is 0.672. The first-order chi connectivity index (χ1) is 6.19. The van der Waals surface area contributed by atoms with Crippen molar-refractivity contribution in [2.24, 2.45) is 11.8 Å². The molecule has 3 atom stereocenters. The van der Waals surface area contributed by atoms with Gasteiger partial charge in [-0.2, -0.15) is 12.6 Å². The van der Waals surface area contributed by atoms with Crippen LogP contribution < -0.4 is 0 Å². The Kier molecular flexibility index (Phi) is 4.56. The Bertz CT molecular complexity index is 154. The number of thiol groups is 1. The van der Waals surface area contributed by atoms with E-state index in [1.807, 2.05) is 0 Å². The van der Waals surface area contributed by atoms with Crippen molar-refractivity contribution in [2.75, 3.05) is 25.4 Å². The van der Waals surface area contributed by atoms with Gasteiger partial charge in [0, 0.05) is 12.6 Å². The Labute approximate surface area is 86.7 Å². The van der Waals surface area contributed by atoms with Gasteiger partial charge < -0.3 is 5.11 Å². The van der Waals surface area contributed by atoms with E-state index in [-0.39, 0.29) is 0 Å². The summed E-state index contributed by atoms with van der Waals surface area (Å²) in [6, 6.07) is 0.391. The Hall–Kier alpha value is 0.270. The highest BCUT2D eigenvalue weighted by molar-refractivity contribution is 7.80. The summed E-state index contributed by atoms with van der Waals surface area (Å²) in [4.78, 5) is 2.41. The van der Waals surface area contributed by atoms with Gasteiger partial charge in [0.15, 0.2) is 0 Å². The van der Waals surface area contributed by atoms with Gasteiger partial charge in [-0.25, -0.2) is 0 Å². The van der Waals surface area contributed by atoms with E-state index < -0.39 is 0 Å². The summed E-state index contributed by atoms with van der Waals surface area (Å²) >= 11 is 4.28. The number of likely N-dealkylation sites (tertiary alicyclic amines) is 1. The molecule has 0 aliphatic carbocycles. The molecule has 1 aliphatic rings. The first kappa shape index (κ1) is 11.3. The fraction of sp³-hybridized carbons (Fsp3) is 1.00. The van der Waals surface area contributed by atoms with Crippen molar-refractivity contribution in [3.63, 3.8) is 0 Å². The van der Waals surface area contributed by atoms with Crippen molar-refractivity contribution in [3.05, 3.63) is 0 Å². The molecule has 0 aromatic rings. The van der Waals surface area contributed by atoms with Crippen LogP contribution in [0.1, 0.15) is 20.3 Å². The Balaban J connectivity index is 2.41.